The summed E-state index contributed by atoms with van der Waals surface area (Å²) in [7, 11) is 0. The van der Waals surface area contributed by atoms with Gasteiger partial charge in [0.15, 0.2) is 0 Å². The number of anilines is 1. The van der Waals surface area contributed by atoms with Gasteiger partial charge in [0.05, 0.1) is 17.4 Å². The molecule has 27 heavy (non-hydrogen) atoms. The van der Waals surface area contributed by atoms with Crippen LogP contribution in [0, 0.1) is 6.92 Å². The molecule has 0 saturated carbocycles. The Morgan fingerprint density at radius 1 is 0.963 bits per heavy atom. The van der Waals surface area contributed by atoms with Crippen molar-refractivity contribution in [1.29, 1.82) is 0 Å². The summed E-state index contributed by atoms with van der Waals surface area (Å²) in [5.74, 6) is -2.06. The number of nitrogens with one attached hydrogen (secondary N) is 2. The number of hydrogen-bond donors (Lipinski definition) is 3. The SMILES string of the molecule is Cc1ccc(NC(=O)CSCC(=O)NCC(C(=O)O)c2ccccc2)cc1. The fourth-order valence-electron chi connectivity index (χ4n) is 2.37. The second-order valence-electron chi connectivity index (χ2n) is 6.01. The van der Waals surface area contributed by atoms with Crippen LogP contribution in [0.15, 0.2) is 54.6 Å². The van der Waals surface area contributed by atoms with Crippen LogP contribution >= 0.6 is 11.8 Å². The summed E-state index contributed by atoms with van der Waals surface area (Å²) in [6.45, 7) is 1.97. The molecule has 0 aromatic heterocycles. The normalized spacial score (nSPS) is 11.4. The van der Waals surface area contributed by atoms with E-state index in [1.165, 1.54) is 11.8 Å². The van der Waals surface area contributed by atoms with Crippen molar-refractivity contribution < 1.29 is 19.5 Å². The second-order valence-corrected chi connectivity index (χ2v) is 7.00. The van der Waals surface area contributed by atoms with E-state index >= 15 is 0 Å². The summed E-state index contributed by atoms with van der Waals surface area (Å²) < 4.78 is 0. The minimum absolute atomic E-state index is 0.00824. The molecule has 0 heterocycles. The van der Waals surface area contributed by atoms with Crippen LogP contribution in [0.4, 0.5) is 5.69 Å². The molecule has 2 amide bonds. The van der Waals surface area contributed by atoms with Crippen molar-refractivity contribution in [1.82, 2.24) is 5.32 Å². The maximum absolute atomic E-state index is 11.9. The molecule has 0 spiro atoms. The maximum Gasteiger partial charge on any atom is 0.312 e. The molecule has 2 rings (SSSR count). The van der Waals surface area contributed by atoms with Gasteiger partial charge in [0.25, 0.3) is 0 Å². The number of aliphatic carboxylic acids is 1. The number of hydrogen-bond acceptors (Lipinski definition) is 4. The molecule has 0 aliphatic carbocycles. The fraction of sp³-hybridized carbons (Fsp3) is 0.250. The zero-order valence-corrected chi connectivity index (χ0v) is 15.8. The number of rotatable bonds is 9. The number of amides is 2. The van der Waals surface area contributed by atoms with Crippen LogP contribution in [0.25, 0.3) is 0 Å². The predicted octanol–water partition coefficient (Wildman–Crippen LogP) is 2.65. The van der Waals surface area contributed by atoms with Crippen LogP contribution in [-0.4, -0.2) is 40.9 Å². The Kier molecular flexibility index (Phi) is 7.88. The Morgan fingerprint density at radius 2 is 1.59 bits per heavy atom. The standard InChI is InChI=1S/C20H22N2O4S/c1-14-7-9-16(10-8-14)22-19(24)13-27-12-18(23)21-11-17(20(25)26)15-5-3-2-4-6-15/h2-10,17H,11-13H2,1H3,(H,21,23)(H,22,24)(H,25,26). The van der Waals surface area contributed by atoms with E-state index in [1.807, 2.05) is 31.2 Å². The van der Waals surface area contributed by atoms with Crippen LogP contribution in [0.5, 0.6) is 0 Å². The van der Waals surface area contributed by atoms with E-state index in [4.69, 9.17) is 0 Å². The molecule has 2 aromatic carbocycles. The number of aryl methyl sites for hydroxylation is 1. The Hall–Kier alpha value is -2.80. The van der Waals surface area contributed by atoms with Crippen LogP contribution < -0.4 is 10.6 Å². The van der Waals surface area contributed by atoms with E-state index in [-0.39, 0.29) is 29.9 Å². The number of thioether (sulfide) groups is 1. The van der Waals surface area contributed by atoms with Crippen LogP contribution in [0.2, 0.25) is 0 Å². The molecule has 1 unspecified atom stereocenters. The second kappa shape index (κ2) is 10.4. The molecule has 6 nitrogen and oxygen atoms in total. The third-order valence-corrected chi connectivity index (χ3v) is 4.74. The maximum atomic E-state index is 11.9. The van der Waals surface area contributed by atoms with Gasteiger partial charge in [-0.3, -0.25) is 14.4 Å². The lowest BCUT2D eigenvalue weighted by Crippen LogP contribution is -2.33. The lowest BCUT2D eigenvalue weighted by molar-refractivity contribution is -0.138. The van der Waals surface area contributed by atoms with E-state index < -0.39 is 11.9 Å². The van der Waals surface area contributed by atoms with Crippen molar-refractivity contribution in [2.24, 2.45) is 0 Å². The predicted molar refractivity (Wildman–Crippen MR) is 107 cm³/mol. The molecular formula is C20H22N2O4S. The quantitative estimate of drug-likeness (QED) is 0.616. The van der Waals surface area contributed by atoms with Gasteiger partial charge in [0.2, 0.25) is 11.8 Å². The van der Waals surface area contributed by atoms with Crippen LogP contribution in [0.3, 0.4) is 0 Å². The highest BCUT2D eigenvalue weighted by Gasteiger charge is 2.20. The molecule has 0 aliphatic heterocycles. The first-order valence-electron chi connectivity index (χ1n) is 8.44. The molecule has 142 valence electrons. The van der Waals surface area contributed by atoms with Gasteiger partial charge < -0.3 is 15.7 Å². The number of carbonyl (C=O) groups is 3. The van der Waals surface area contributed by atoms with Crippen LogP contribution in [0.1, 0.15) is 17.0 Å². The summed E-state index contributed by atoms with van der Waals surface area (Å²) in [5.41, 5.74) is 2.45. The first kappa shape index (κ1) is 20.5. The largest absolute Gasteiger partial charge is 0.481 e. The lowest BCUT2D eigenvalue weighted by Gasteiger charge is -2.13. The van der Waals surface area contributed by atoms with Gasteiger partial charge >= 0.3 is 5.97 Å². The van der Waals surface area contributed by atoms with Gasteiger partial charge in [-0.25, -0.2) is 0 Å². The number of carboxylic acid groups (broad SMARTS) is 1. The van der Waals surface area contributed by atoms with E-state index in [0.717, 1.165) is 5.56 Å². The van der Waals surface area contributed by atoms with Crippen LogP contribution in [-0.2, 0) is 14.4 Å². The average Bonchev–Trinajstić information content (AvgIpc) is 2.64. The average molecular weight is 386 g/mol. The number of benzene rings is 2. The van der Waals surface area contributed by atoms with E-state index in [1.54, 1.807) is 30.3 Å². The molecular weight excluding hydrogens is 364 g/mol. The molecule has 1 atom stereocenters. The van der Waals surface area contributed by atoms with Crippen molar-refractivity contribution in [2.45, 2.75) is 12.8 Å². The van der Waals surface area contributed by atoms with E-state index in [2.05, 4.69) is 10.6 Å². The molecule has 0 bridgehead atoms. The van der Waals surface area contributed by atoms with Gasteiger partial charge in [-0.1, -0.05) is 48.0 Å². The lowest BCUT2D eigenvalue weighted by atomic mass is 9.99. The minimum atomic E-state index is -0.994. The third-order valence-electron chi connectivity index (χ3n) is 3.81. The Morgan fingerprint density at radius 3 is 2.22 bits per heavy atom. The van der Waals surface area contributed by atoms with E-state index in [9.17, 15) is 19.5 Å². The van der Waals surface area contributed by atoms with Gasteiger partial charge in [0, 0.05) is 12.2 Å². The van der Waals surface area contributed by atoms with Crippen molar-refractivity contribution >= 4 is 35.2 Å². The number of carbonyl (C=O) groups excluding carboxylic acids is 2. The highest BCUT2D eigenvalue weighted by molar-refractivity contribution is 8.00. The molecule has 0 saturated heterocycles. The van der Waals surface area contributed by atoms with Crippen molar-refractivity contribution in [3.05, 3.63) is 65.7 Å². The van der Waals surface area contributed by atoms with Gasteiger partial charge in [-0.15, -0.1) is 11.8 Å². The summed E-state index contributed by atoms with van der Waals surface area (Å²) in [6, 6.07) is 16.2. The third kappa shape index (κ3) is 7.15. The Balaban J connectivity index is 1.71. The van der Waals surface area contributed by atoms with E-state index in [0.29, 0.717) is 11.3 Å². The highest BCUT2D eigenvalue weighted by atomic mass is 32.2. The minimum Gasteiger partial charge on any atom is -0.481 e. The van der Waals surface area contributed by atoms with Gasteiger partial charge in [0.1, 0.15) is 0 Å². The fourth-order valence-corrected chi connectivity index (χ4v) is 3.02. The van der Waals surface area contributed by atoms with Crippen molar-refractivity contribution in [3.63, 3.8) is 0 Å². The molecule has 0 fully saturated rings. The van der Waals surface area contributed by atoms with Crippen molar-refractivity contribution in [3.8, 4) is 0 Å². The summed E-state index contributed by atoms with van der Waals surface area (Å²) in [4.78, 5) is 35.2. The Labute approximate surface area is 162 Å². The molecule has 2 aromatic rings. The number of carboxylic acids is 1. The van der Waals surface area contributed by atoms with Crippen molar-refractivity contribution in [2.75, 3.05) is 23.4 Å². The zero-order valence-electron chi connectivity index (χ0n) is 15.0. The highest BCUT2D eigenvalue weighted by Crippen LogP contribution is 2.15. The van der Waals surface area contributed by atoms with Gasteiger partial charge in [-0.2, -0.15) is 0 Å². The summed E-state index contributed by atoms with van der Waals surface area (Å²) >= 11 is 1.18. The topological polar surface area (TPSA) is 95.5 Å². The summed E-state index contributed by atoms with van der Waals surface area (Å²) in [6.07, 6.45) is 0. The molecule has 7 heteroatoms. The molecule has 0 radical (unpaired) electrons. The first-order valence-corrected chi connectivity index (χ1v) is 9.60. The molecule has 3 N–H and O–H groups in total. The molecule has 0 aliphatic rings. The Bertz CT molecular complexity index is 778. The smallest absolute Gasteiger partial charge is 0.312 e. The summed E-state index contributed by atoms with van der Waals surface area (Å²) in [5, 5.41) is 14.7. The monoisotopic (exact) mass is 386 g/mol. The van der Waals surface area contributed by atoms with Gasteiger partial charge in [-0.05, 0) is 24.6 Å². The first-order chi connectivity index (χ1) is 13.0. The zero-order chi connectivity index (χ0) is 19.6.